The van der Waals surface area contributed by atoms with Crippen molar-refractivity contribution in [1.29, 1.82) is 0 Å². The summed E-state index contributed by atoms with van der Waals surface area (Å²) in [5.41, 5.74) is -0.895. The van der Waals surface area contributed by atoms with Gasteiger partial charge >= 0.3 is 12.2 Å². The maximum absolute atomic E-state index is 15.2. The molecule has 3 N–H and O–H groups in total. The van der Waals surface area contributed by atoms with Gasteiger partial charge in [-0.2, -0.15) is 9.97 Å². The fourth-order valence-electron chi connectivity index (χ4n) is 2.86. The number of amides is 1. The first kappa shape index (κ1) is 21.9. The minimum Gasteiger partial charge on any atom is -0.465 e. The van der Waals surface area contributed by atoms with E-state index in [0.29, 0.717) is 0 Å². The normalized spacial score (nSPS) is 24.1. The third-order valence-electron chi connectivity index (χ3n) is 3.96. The molecule has 0 saturated carbocycles. The van der Waals surface area contributed by atoms with Crippen LogP contribution in [0.25, 0.3) is 11.2 Å². The molecule has 0 spiro atoms. The molecular weight excluding hydrogens is 429 g/mol. The lowest BCUT2D eigenvalue weighted by atomic mass is 10.1. The van der Waals surface area contributed by atoms with Crippen molar-refractivity contribution in [2.24, 2.45) is 0 Å². The zero-order valence-corrected chi connectivity index (χ0v) is 16.8. The number of hydrogen-bond acceptors (Lipinski definition) is 9. The largest absolute Gasteiger partial charge is 0.509 e. The molecule has 4 atom stereocenters. The van der Waals surface area contributed by atoms with Crippen molar-refractivity contribution in [1.82, 2.24) is 19.5 Å². The van der Waals surface area contributed by atoms with Gasteiger partial charge in [0.15, 0.2) is 35.5 Å². The number of carbonyl (C=O) groups excluding carboxylic acids is 1. The van der Waals surface area contributed by atoms with Gasteiger partial charge in [-0.25, -0.2) is 19.0 Å². The van der Waals surface area contributed by atoms with Gasteiger partial charge < -0.3 is 24.4 Å². The molecule has 0 aliphatic carbocycles. The predicted molar refractivity (Wildman–Crippen MR) is 99.0 cm³/mol. The highest BCUT2D eigenvalue weighted by molar-refractivity contribution is 6.28. The molecule has 14 heteroatoms. The fraction of sp³-hybridized carbons (Fsp3) is 0.562. The molecule has 1 aliphatic heterocycles. The Hall–Kier alpha value is -2.77. The monoisotopic (exact) mass is 447 g/mol. The molecule has 3 rings (SSSR count). The highest BCUT2D eigenvalue weighted by atomic mass is 35.5. The predicted octanol–water partition coefficient (Wildman–Crippen LogP) is 2.12. The Balaban J connectivity index is 1.91. The number of alkyl halides is 1. The molecule has 12 nitrogen and oxygen atoms in total. The summed E-state index contributed by atoms with van der Waals surface area (Å²) in [7, 11) is 0. The molecule has 2 aromatic rings. The number of carbonyl (C=O) groups is 2. The van der Waals surface area contributed by atoms with Crippen LogP contribution in [-0.4, -0.2) is 72.6 Å². The molecule has 2 aromatic heterocycles. The molecule has 0 aromatic carbocycles. The van der Waals surface area contributed by atoms with E-state index in [4.69, 9.17) is 30.9 Å². The van der Waals surface area contributed by atoms with E-state index in [2.05, 4.69) is 15.0 Å². The van der Waals surface area contributed by atoms with Crippen molar-refractivity contribution in [3.63, 3.8) is 0 Å². The van der Waals surface area contributed by atoms with Gasteiger partial charge in [-0.05, 0) is 32.4 Å². The van der Waals surface area contributed by atoms with E-state index in [1.165, 1.54) is 0 Å². The summed E-state index contributed by atoms with van der Waals surface area (Å²) in [6, 6.07) is 0. The van der Waals surface area contributed by atoms with Gasteiger partial charge in [0, 0.05) is 0 Å². The number of fused-ring (bicyclic) bond motifs is 1. The summed E-state index contributed by atoms with van der Waals surface area (Å²) in [5.74, 6) is -0.204. The molecule has 3 heterocycles. The van der Waals surface area contributed by atoms with Crippen LogP contribution in [0.3, 0.4) is 0 Å². The van der Waals surface area contributed by atoms with E-state index in [-0.39, 0.29) is 22.3 Å². The fourth-order valence-corrected chi connectivity index (χ4v) is 3.02. The van der Waals surface area contributed by atoms with E-state index < -0.39 is 49.1 Å². The van der Waals surface area contributed by atoms with Gasteiger partial charge in [0.05, 0.1) is 12.9 Å². The molecule has 164 valence electrons. The van der Waals surface area contributed by atoms with Crippen LogP contribution in [0.1, 0.15) is 27.0 Å². The number of rotatable bonds is 4. The lowest BCUT2D eigenvalue weighted by molar-refractivity contribution is -0.0682. The van der Waals surface area contributed by atoms with Crippen LogP contribution in [0.5, 0.6) is 0 Å². The number of anilines is 1. The van der Waals surface area contributed by atoms with E-state index in [1.54, 1.807) is 20.8 Å². The maximum atomic E-state index is 15.2. The van der Waals surface area contributed by atoms with E-state index >= 15 is 4.39 Å². The van der Waals surface area contributed by atoms with Crippen LogP contribution in [0, 0.1) is 0 Å². The molecule has 1 fully saturated rings. The Labute approximate surface area is 173 Å². The SMILES string of the molecule is CC(C)(C)OC(=O)O[C@H]1[C@H](F)[C@H](n2cnc3c(NC(=O)O)nc(Cl)nc32)O[C@@H]1CO. The first-order chi connectivity index (χ1) is 14.0. The van der Waals surface area contributed by atoms with Crippen molar-refractivity contribution >= 4 is 40.8 Å². The lowest BCUT2D eigenvalue weighted by Gasteiger charge is -2.23. The Morgan fingerprint density at radius 3 is 2.70 bits per heavy atom. The second kappa shape index (κ2) is 8.16. The zero-order chi connectivity index (χ0) is 22.2. The van der Waals surface area contributed by atoms with Gasteiger partial charge in [-0.15, -0.1) is 0 Å². The molecule has 0 unspecified atom stereocenters. The number of imidazole rings is 1. The summed E-state index contributed by atoms with van der Waals surface area (Å²) in [5, 5.41) is 20.2. The van der Waals surface area contributed by atoms with Gasteiger partial charge in [0.2, 0.25) is 5.28 Å². The lowest BCUT2D eigenvalue weighted by Crippen LogP contribution is -2.37. The summed E-state index contributed by atoms with van der Waals surface area (Å²) in [4.78, 5) is 34.6. The highest BCUT2D eigenvalue weighted by Gasteiger charge is 2.49. The van der Waals surface area contributed by atoms with Crippen molar-refractivity contribution < 1.29 is 38.4 Å². The molecule has 0 bridgehead atoms. The van der Waals surface area contributed by atoms with Crippen molar-refractivity contribution in [2.75, 3.05) is 11.9 Å². The number of aromatic nitrogens is 4. The second-order valence-electron chi connectivity index (χ2n) is 7.33. The summed E-state index contributed by atoms with van der Waals surface area (Å²) >= 11 is 5.84. The average Bonchev–Trinajstić information content (AvgIpc) is 3.14. The van der Waals surface area contributed by atoms with Gasteiger partial charge in [0.1, 0.15) is 11.7 Å². The maximum Gasteiger partial charge on any atom is 0.509 e. The zero-order valence-electron chi connectivity index (χ0n) is 16.1. The van der Waals surface area contributed by atoms with E-state index in [9.17, 15) is 14.7 Å². The Morgan fingerprint density at radius 1 is 1.40 bits per heavy atom. The summed E-state index contributed by atoms with van der Waals surface area (Å²) in [6.45, 7) is 4.20. The Morgan fingerprint density at radius 2 is 2.10 bits per heavy atom. The molecule has 1 aliphatic rings. The Bertz CT molecular complexity index is 965. The van der Waals surface area contributed by atoms with Gasteiger partial charge in [-0.1, -0.05) is 0 Å². The van der Waals surface area contributed by atoms with Crippen LogP contribution in [0.15, 0.2) is 6.33 Å². The van der Waals surface area contributed by atoms with Crippen LogP contribution >= 0.6 is 11.6 Å². The van der Waals surface area contributed by atoms with Gasteiger partial charge in [0.25, 0.3) is 0 Å². The number of aliphatic hydroxyl groups excluding tert-OH is 1. The van der Waals surface area contributed by atoms with Crippen LogP contribution in [0.4, 0.5) is 19.8 Å². The second-order valence-corrected chi connectivity index (χ2v) is 7.67. The smallest absolute Gasteiger partial charge is 0.465 e. The molecule has 30 heavy (non-hydrogen) atoms. The topological polar surface area (TPSA) is 158 Å². The number of hydrogen-bond donors (Lipinski definition) is 3. The highest BCUT2D eigenvalue weighted by Crippen LogP contribution is 2.36. The number of nitrogens with one attached hydrogen (secondary N) is 1. The van der Waals surface area contributed by atoms with E-state index in [1.807, 2.05) is 5.32 Å². The minimum atomic E-state index is -1.93. The molecular formula is C16H19ClFN5O7. The van der Waals surface area contributed by atoms with Crippen molar-refractivity contribution in [3.05, 3.63) is 11.6 Å². The number of nitrogens with zero attached hydrogens (tertiary/aromatic N) is 4. The number of halogens is 2. The van der Waals surface area contributed by atoms with Crippen molar-refractivity contribution in [2.45, 2.75) is 51.0 Å². The molecule has 1 saturated heterocycles. The quantitative estimate of drug-likeness (QED) is 0.468. The minimum absolute atomic E-state index is 0.00495. The number of ether oxygens (including phenoxy) is 3. The number of carboxylic acid groups (broad SMARTS) is 1. The van der Waals surface area contributed by atoms with Crippen LogP contribution in [0.2, 0.25) is 5.28 Å². The Kier molecular flexibility index (Phi) is 5.97. The summed E-state index contributed by atoms with van der Waals surface area (Å²) < 4.78 is 31.9. The van der Waals surface area contributed by atoms with Crippen LogP contribution in [-0.2, 0) is 14.2 Å². The standard InChI is InChI=1S/C16H19ClFN5O7/c1-16(2,3)30-15(27)29-9-6(4-24)28-12(7(9)18)23-5-19-8-10(21-14(25)26)20-13(17)22-11(8)23/h5-7,9,12,24H,4H2,1-3H3,(H,25,26)(H,20,21,22)/t6-,7+,9-,12-/m1/s1. The molecule has 1 amide bonds. The third kappa shape index (κ3) is 4.52. The van der Waals surface area contributed by atoms with Crippen LogP contribution < -0.4 is 5.32 Å². The summed E-state index contributed by atoms with van der Waals surface area (Å²) in [6.07, 6.45) is -7.38. The van der Waals surface area contributed by atoms with E-state index in [0.717, 1.165) is 10.9 Å². The van der Waals surface area contributed by atoms with Gasteiger partial charge in [-0.3, -0.25) is 9.88 Å². The first-order valence-electron chi connectivity index (χ1n) is 8.70. The average molecular weight is 448 g/mol. The first-order valence-corrected chi connectivity index (χ1v) is 9.08. The number of aliphatic hydroxyl groups is 1. The third-order valence-corrected chi connectivity index (χ3v) is 4.13. The van der Waals surface area contributed by atoms with Crippen molar-refractivity contribution in [3.8, 4) is 0 Å². The molecule has 0 radical (unpaired) electrons.